The number of carboxylic acids is 1. The van der Waals surface area contributed by atoms with E-state index in [0.29, 0.717) is 49.2 Å². The van der Waals surface area contributed by atoms with Crippen LogP contribution in [0, 0.1) is 5.92 Å². The van der Waals surface area contributed by atoms with Gasteiger partial charge in [0.05, 0.1) is 38.5 Å². The van der Waals surface area contributed by atoms with Crippen LogP contribution in [0.25, 0.3) is 0 Å². The summed E-state index contributed by atoms with van der Waals surface area (Å²) in [5.41, 5.74) is 0.456. The average molecular weight is 369 g/mol. The summed E-state index contributed by atoms with van der Waals surface area (Å²) in [5, 5.41) is 9.63. The lowest BCUT2D eigenvalue weighted by Gasteiger charge is -2.31. The van der Waals surface area contributed by atoms with Crippen LogP contribution in [0.5, 0.6) is 5.75 Å². The molecule has 2 saturated heterocycles. The van der Waals surface area contributed by atoms with Crippen molar-refractivity contribution in [3.05, 3.63) is 28.8 Å². The summed E-state index contributed by atoms with van der Waals surface area (Å²) in [7, 11) is 1.50. The smallest absolute Gasteiger partial charge is 0.317 e. The van der Waals surface area contributed by atoms with Crippen LogP contribution in [0.2, 0.25) is 5.02 Å². The van der Waals surface area contributed by atoms with Crippen LogP contribution in [-0.4, -0.2) is 79.3 Å². The van der Waals surface area contributed by atoms with Crippen molar-refractivity contribution < 1.29 is 24.2 Å². The van der Waals surface area contributed by atoms with Crippen molar-refractivity contribution in [3.8, 4) is 5.75 Å². The summed E-state index contributed by atoms with van der Waals surface area (Å²) in [6, 6.07) is 4.81. The molecule has 1 aromatic carbocycles. The summed E-state index contributed by atoms with van der Waals surface area (Å²) >= 11 is 5.97. The summed E-state index contributed by atoms with van der Waals surface area (Å²) in [4.78, 5) is 27.8. The Morgan fingerprint density at radius 3 is 2.84 bits per heavy atom. The standard InChI is InChI=1S/C17H21ClN2O5/c1-24-15-4-12(18)2-3-14(15)17(23)20-6-11-5-19(8-16(21)22)13(7-20)10-25-9-11/h2-4,11,13H,5-10H2,1H3,(H,21,22)/t11-,13+/m1/s1. The quantitative estimate of drug-likeness (QED) is 0.860. The molecule has 3 rings (SSSR count). The highest BCUT2D eigenvalue weighted by Crippen LogP contribution is 2.27. The summed E-state index contributed by atoms with van der Waals surface area (Å²) in [6.07, 6.45) is 0. The number of nitrogens with zero attached hydrogens (tertiary/aromatic N) is 2. The molecule has 136 valence electrons. The number of carboxylic acid groups (broad SMARTS) is 1. The minimum Gasteiger partial charge on any atom is -0.496 e. The van der Waals surface area contributed by atoms with Crippen molar-refractivity contribution in [2.24, 2.45) is 5.92 Å². The van der Waals surface area contributed by atoms with Crippen LogP contribution in [0.4, 0.5) is 0 Å². The van der Waals surface area contributed by atoms with Crippen molar-refractivity contribution in [2.45, 2.75) is 6.04 Å². The van der Waals surface area contributed by atoms with Gasteiger partial charge in [0.15, 0.2) is 0 Å². The van der Waals surface area contributed by atoms with E-state index in [2.05, 4.69) is 0 Å². The van der Waals surface area contributed by atoms with Crippen LogP contribution in [0.3, 0.4) is 0 Å². The maximum absolute atomic E-state index is 13.0. The largest absolute Gasteiger partial charge is 0.496 e. The molecule has 2 aliphatic heterocycles. The van der Waals surface area contributed by atoms with Gasteiger partial charge in [0.25, 0.3) is 5.91 Å². The maximum Gasteiger partial charge on any atom is 0.317 e. The van der Waals surface area contributed by atoms with Gasteiger partial charge < -0.3 is 19.5 Å². The second-order valence-electron chi connectivity index (χ2n) is 6.44. The topological polar surface area (TPSA) is 79.3 Å². The Hall–Kier alpha value is -1.83. The zero-order valence-corrected chi connectivity index (χ0v) is 14.7. The first-order valence-electron chi connectivity index (χ1n) is 8.14. The lowest BCUT2D eigenvalue weighted by Crippen LogP contribution is -2.47. The number of halogens is 1. The lowest BCUT2D eigenvalue weighted by atomic mass is 10.1. The fraction of sp³-hybridized carbons (Fsp3) is 0.529. The van der Waals surface area contributed by atoms with Gasteiger partial charge in [-0.15, -0.1) is 0 Å². The van der Waals surface area contributed by atoms with E-state index in [-0.39, 0.29) is 24.4 Å². The van der Waals surface area contributed by atoms with Gasteiger partial charge in [-0.2, -0.15) is 0 Å². The number of carbonyl (C=O) groups is 2. The van der Waals surface area contributed by atoms with E-state index in [0.717, 1.165) is 0 Å². The predicted molar refractivity (Wildman–Crippen MR) is 91.2 cm³/mol. The zero-order valence-electron chi connectivity index (χ0n) is 14.0. The molecule has 2 aliphatic rings. The molecule has 8 heteroatoms. The fourth-order valence-corrected chi connectivity index (χ4v) is 3.64. The maximum atomic E-state index is 13.0. The van der Waals surface area contributed by atoms with Crippen LogP contribution in [-0.2, 0) is 9.53 Å². The third-order valence-electron chi connectivity index (χ3n) is 4.60. The third kappa shape index (κ3) is 4.05. The highest BCUT2D eigenvalue weighted by atomic mass is 35.5. The Morgan fingerprint density at radius 2 is 2.12 bits per heavy atom. The Balaban J connectivity index is 1.83. The van der Waals surface area contributed by atoms with Crippen LogP contribution in [0.1, 0.15) is 10.4 Å². The normalized spacial score (nSPS) is 23.8. The lowest BCUT2D eigenvalue weighted by molar-refractivity contribution is -0.139. The van der Waals surface area contributed by atoms with E-state index in [1.165, 1.54) is 7.11 Å². The average Bonchev–Trinajstić information content (AvgIpc) is 2.83. The Labute approximate surface area is 151 Å². The minimum atomic E-state index is -0.871. The molecule has 0 aliphatic carbocycles. The molecular weight excluding hydrogens is 348 g/mol. The molecule has 1 aromatic rings. The highest BCUT2D eigenvalue weighted by Gasteiger charge is 2.36. The molecule has 2 heterocycles. The van der Waals surface area contributed by atoms with Crippen LogP contribution >= 0.6 is 11.6 Å². The van der Waals surface area contributed by atoms with Crippen molar-refractivity contribution >= 4 is 23.5 Å². The Bertz CT molecular complexity index is 668. The molecule has 0 radical (unpaired) electrons. The van der Waals surface area contributed by atoms with Crippen LogP contribution < -0.4 is 4.74 Å². The number of benzene rings is 1. The number of rotatable bonds is 4. The van der Waals surface area contributed by atoms with E-state index in [4.69, 9.17) is 26.2 Å². The van der Waals surface area contributed by atoms with Gasteiger partial charge in [-0.1, -0.05) is 11.6 Å². The van der Waals surface area contributed by atoms with E-state index >= 15 is 0 Å². The number of methoxy groups -OCH3 is 1. The number of aliphatic carboxylic acids is 1. The van der Waals surface area contributed by atoms with Crippen molar-refractivity contribution in [1.82, 2.24) is 9.80 Å². The van der Waals surface area contributed by atoms with E-state index in [9.17, 15) is 9.59 Å². The Morgan fingerprint density at radius 1 is 1.32 bits per heavy atom. The molecule has 2 bridgehead atoms. The molecule has 25 heavy (non-hydrogen) atoms. The van der Waals surface area contributed by atoms with Crippen molar-refractivity contribution in [1.29, 1.82) is 0 Å². The molecule has 0 unspecified atom stereocenters. The monoisotopic (exact) mass is 368 g/mol. The van der Waals surface area contributed by atoms with Crippen molar-refractivity contribution in [2.75, 3.05) is 46.5 Å². The van der Waals surface area contributed by atoms with Gasteiger partial charge in [-0.05, 0) is 18.2 Å². The molecule has 2 atom stereocenters. The number of fused-ring (bicyclic) bond motifs is 3. The second kappa shape index (κ2) is 7.59. The minimum absolute atomic E-state index is 0.0448. The number of carbonyl (C=O) groups excluding carboxylic acids is 1. The molecule has 0 saturated carbocycles. The SMILES string of the molecule is COc1cc(Cl)ccc1C(=O)N1C[C@@H]2COC[C@H](C1)N(CC(=O)O)C2. The molecule has 2 fully saturated rings. The molecular formula is C17H21ClN2O5. The summed E-state index contributed by atoms with van der Waals surface area (Å²) in [6.45, 7) is 2.46. The van der Waals surface area contributed by atoms with Gasteiger partial charge in [-0.25, -0.2) is 0 Å². The molecule has 0 aromatic heterocycles. The predicted octanol–water partition coefficient (Wildman–Crippen LogP) is 1.21. The molecule has 1 N–H and O–H groups in total. The van der Waals surface area contributed by atoms with Gasteiger partial charge >= 0.3 is 5.97 Å². The molecule has 7 nitrogen and oxygen atoms in total. The fourth-order valence-electron chi connectivity index (χ4n) is 3.47. The van der Waals surface area contributed by atoms with E-state index in [1.807, 2.05) is 4.90 Å². The zero-order chi connectivity index (χ0) is 18.0. The second-order valence-corrected chi connectivity index (χ2v) is 6.87. The Kier molecular flexibility index (Phi) is 5.46. The summed E-state index contributed by atoms with van der Waals surface area (Å²) in [5.74, 6) is -0.493. The van der Waals surface area contributed by atoms with Crippen LogP contribution in [0.15, 0.2) is 18.2 Å². The van der Waals surface area contributed by atoms with Gasteiger partial charge in [-0.3, -0.25) is 14.5 Å². The van der Waals surface area contributed by atoms with Crippen molar-refractivity contribution in [3.63, 3.8) is 0 Å². The summed E-state index contributed by atoms with van der Waals surface area (Å²) < 4.78 is 10.9. The van der Waals surface area contributed by atoms with Gasteiger partial charge in [0.1, 0.15) is 5.75 Å². The number of ether oxygens (including phenoxy) is 2. The number of hydrogen-bond acceptors (Lipinski definition) is 5. The first kappa shape index (κ1) is 18.0. The number of hydrogen-bond donors (Lipinski definition) is 1. The first-order chi connectivity index (χ1) is 12.0. The molecule has 1 amide bonds. The van der Waals surface area contributed by atoms with Gasteiger partial charge in [0.2, 0.25) is 0 Å². The third-order valence-corrected chi connectivity index (χ3v) is 4.84. The molecule has 0 spiro atoms. The van der Waals surface area contributed by atoms with Gasteiger partial charge in [0, 0.05) is 30.6 Å². The van der Waals surface area contributed by atoms with E-state index < -0.39 is 5.97 Å². The highest BCUT2D eigenvalue weighted by molar-refractivity contribution is 6.30. The van der Waals surface area contributed by atoms with E-state index in [1.54, 1.807) is 23.1 Å². The number of amides is 1. The first-order valence-corrected chi connectivity index (χ1v) is 8.52.